The summed E-state index contributed by atoms with van der Waals surface area (Å²) < 4.78 is 10.9. The first kappa shape index (κ1) is 23.8. The van der Waals surface area contributed by atoms with Gasteiger partial charge < -0.3 is 24.8 Å². The van der Waals surface area contributed by atoms with Crippen LogP contribution in [0.1, 0.15) is 38.7 Å². The molecule has 27 heavy (non-hydrogen) atoms. The third-order valence-corrected chi connectivity index (χ3v) is 4.65. The number of nitrogens with zero attached hydrogens (tertiary/aromatic N) is 2. The molecule has 1 aliphatic heterocycles. The summed E-state index contributed by atoms with van der Waals surface area (Å²) in [4.78, 5) is 6.95. The summed E-state index contributed by atoms with van der Waals surface area (Å²) in [6.07, 6.45) is 3.49. The Morgan fingerprint density at radius 2 is 2.07 bits per heavy atom. The van der Waals surface area contributed by atoms with E-state index in [0.29, 0.717) is 18.9 Å². The highest BCUT2D eigenvalue weighted by Gasteiger charge is 2.15. The number of guanidine groups is 1. The number of hydrogen-bond acceptors (Lipinski definition) is 4. The van der Waals surface area contributed by atoms with Crippen molar-refractivity contribution in [2.24, 2.45) is 10.9 Å². The molecule has 1 aromatic rings. The molecule has 1 saturated heterocycles. The number of hydrogen-bond donors (Lipinski definition) is 2. The van der Waals surface area contributed by atoms with E-state index in [1.54, 1.807) is 6.07 Å². The first-order valence-corrected chi connectivity index (χ1v) is 9.65. The number of aliphatic imine (C=N–C) groups is 1. The molecule has 1 aromatic carbocycles. The van der Waals surface area contributed by atoms with E-state index in [2.05, 4.69) is 24.2 Å². The standard InChI is InChI=1S/C20H33N3O3.HI/c1-4-21-20(23(3)11-8-16-9-12-25-13-10-16)22-15-17-6-7-18(24)19(14-17)26-5-2;/h6-7,14,16,24H,4-5,8-13,15H2,1-3H3,(H,21,22);1H. The van der Waals surface area contributed by atoms with Crippen LogP contribution in [-0.2, 0) is 11.3 Å². The van der Waals surface area contributed by atoms with Crippen LogP contribution in [-0.4, -0.2) is 55.9 Å². The highest BCUT2D eigenvalue weighted by molar-refractivity contribution is 14.0. The predicted octanol–water partition coefficient (Wildman–Crippen LogP) is 3.62. The van der Waals surface area contributed by atoms with E-state index >= 15 is 0 Å². The van der Waals surface area contributed by atoms with Crippen LogP contribution in [0, 0.1) is 5.92 Å². The van der Waals surface area contributed by atoms with Gasteiger partial charge in [-0.05, 0) is 56.7 Å². The molecule has 1 heterocycles. The Labute approximate surface area is 180 Å². The number of aromatic hydroxyl groups is 1. The zero-order valence-corrected chi connectivity index (χ0v) is 19.1. The van der Waals surface area contributed by atoms with E-state index in [-0.39, 0.29) is 29.7 Å². The Bertz CT molecular complexity index is 578. The SMILES string of the molecule is CCNC(=NCc1ccc(O)c(OCC)c1)N(C)CCC1CCOCC1.I. The fourth-order valence-corrected chi connectivity index (χ4v) is 3.08. The summed E-state index contributed by atoms with van der Waals surface area (Å²) in [5, 5.41) is 13.2. The number of halogens is 1. The quantitative estimate of drug-likeness (QED) is 0.331. The second-order valence-corrected chi connectivity index (χ2v) is 6.67. The van der Waals surface area contributed by atoms with Crippen LogP contribution in [0.5, 0.6) is 11.5 Å². The monoisotopic (exact) mass is 491 g/mol. The molecular formula is C20H34IN3O3. The Hall–Kier alpha value is -1.22. The zero-order valence-electron chi connectivity index (χ0n) is 16.7. The lowest BCUT2D eigenvalue weighted by molar-refractivity contribution is 0.0625. The Kier molecular flexibility index (Phi) is 11.5. The van der Waals surface area contributed by atoms with Crippen molar-refractivity contribution in [2.45, 2.75) is 39.7 Å². The lowest BCUT2D eigenvalue weighted by atomic mass is 9.96. The maximum absolute atomic E-state index is 9.82. The summed E-state index contributed by atoms with van der Waals surface area (Å²) in [7, 11) is 2.09. The average Bonchev–Trinajstić information content (AvgIpc) is 2.66. The number of benzene rings is 1. The molecule has 0 aliphatic carbocycles. The van der Waals surface area contributed by atoms with E-state index in [9.17, 15) is 5.11 Å². The average molecular weight is 491 g/mol. The highest BCUT2D eigenvalue weighted by atomic mass is 127. The second kappa shape index (κ2) is 13.0. The fraction of sp³-hybridized carbons (Fsp3) is 0.650. The Morgan fingerprint density at radius 1 is 1.33 bits per heavy atom. The van der Waals surface area contributed by atoms with Gasteiger partial charge >= 0.3 is 0 Å². The van der Waals surface area contributed by atoms with Gasteiger partial charge in [-0.15, -0.1) is 24.0 Å². The van der Waals surface area contributed by atoms with Gasteiger partial charge in [-0.1, -0.05) is 6.07 Å². The Balaban J connectivity index is 0.00000364. The van der Waals surface area contributed by atoms with Crippen molar-refractivity contribution >= 4 is 29.9 Å². The molecule has 1 fully saturated rings. The number of phenols is 1. The van der Waals surface area contributed by atoms with Crippen molar-refractivity contribution < 1.29 is 14.6 Å². The number of nitrogens with one attached hydrogen (secondary N) is 1. The lowest BCUT2D eigenvalue weighted by Crippen LogP contribution is -2.40. The molecule has 2 rings (SSSR count). The van der Waals surface area contributed by atoms with Gasteiger partial charge in [0.05, 0.1) is 13.2 Å². The van der Waals surface area contributed by atoms with Crippen molar-refractivity contribution in [1.29, 1.82) is 0 Å². The topological polar surface area (TPSA) is 66.3 Å². The summed E-state index contributed by atoms with van der Waals surface area (Å²) in [5.41, 5.74) is 1.01. The summed E-state index contributed by atoms with van der Waals surface area (Å²) in [5.74, 6) is 2.34. The number of ether oxygens (including phenoxy) is 2. The third-order valence-electron chi connectivity index (χ3n) is 4.65. The van der Waals surface area contributed by atoms with Gasteiger partial charge in [0, 0.05) is 33.4 Å². The van der Waals surface area contributed by atoms with Gasteiger partial charge in [0.25, 0.3) is 0 Å². The summed E-state index contributed by atoms with van der Waals surface area (Å²) in [6, 6.07) is 5.40. The van der Waals surface area contributed by atoms with Gasteiger partial charge in [0.2, 0.25) is 0 Å². The smallest absolute Gasteiger partial charge is 0.193 e. The summed E-state index contributed by atoms with van der Waals surface area (Å²) >= 11 is 0. The number of rotatable bonds is 8. The molecule has 0 bridgehead atoms. The third kappa shape index (κ3) is 8.13. The van der Waals surface area contributed by atoms with E-state index in [1.807, 2.05) is 19.1 Å². The molecule has 0 spiro atoms. The fourth-order valence-electron chi connectivity index (χ4n) is 3.08. The molecule has 0 radical (unpaired) electrons. The van der Waals surface area contributed by atoms with Gasteiger partial charge in [0.1, 0.15) is 0 Å². The first-order valence-electron chi connectivity index (χ1n) is 9.65. The maximum Gasteiger partial charge on any atom is 0.193 e. The molecule has 0 unspecified atom stereocenters. The zero-order chi connectivity index (χ0) is 18.8. The highest BCUT2D eigenvalue weighted by Crippen LogP contribution is 2.27. The second-order valence-electron chi connectivity index (χ2n) is 6.67. The van der Waals surface area contributed by atoms with Crippen LogP contribution in [0.2, 0.25) is 0 Å². The molecule has 0 saturated carbocycles. The molecule has 1 aliphatic rings. The normalized spacial score (nSPS) is 15.1. The lowest BCUT2D eigenvalue weighted by Gasteiger charge is -2.26. The van der Waals surface area contributed by atoms with Crippen molar-refractivity contribution in [1.82, 2.24) is 10.2 Å². The van der Waals surface area contributed by atoms with Crippen molar-refractivity contribution in [3.8, 4) is 11.5 Å². The van der Waals surface area contributed by atoms with Crippen LogP contribution < -0.4 is 10.1 Å². The summed E-state index contributed by atoms with van der Waals surface area (Å²) in [6.45, 7) is 8.66. The predicted molar refractivity (Wildman–Crippen MR) is 120 cm³/mol. The molecule has 0 aromatic heterocycles. The van der Waals surface area contributed by atoms with Crippen molar-refractivity contribution in [3.05, 3.63) is 23.8 Å². The van der Waals surface area contributed by atoms with Gasteiger partial charge in [-0.3, -0.25) is 0 Å². The van der Waals surface area contributed by atoms with Crippen LogP contribution in [0.4, 0.5) is 0 Å². The van der Waals surface area contributed by atoms with Gasteiger partial charge in [0.15, 0.2) is 17.5 Å². The molecule has 2 N–H and O–H groups in total. The maximum atomic E-state index is 9.82. The van der Waals surface area contributed by atoms with E-state index < -0.39 is 0 Å². The van der Waals surface area contributed by atoms with Crippen LogP contribution in [0.25, 0.3) is 0 Å². The van der Waals surface area contributed by atoms with Gasteiger partial charge in [-0.2, -0.15) is 0 Å². The minimum absolute atomic E-state index is 0. The van der Waals surface area contributed by atoms with Crippen LogP contribution in [0.3, 0.4) is 0 Å². The van der Waals surface area contributed by atoms with Crippen molar-refractivity contribution in [3.63, 3.8) is 0 Å². The minimum atomic E-state index is 0. The van der Waals surface area contributed by atoms with E-state index in [1.165, 1.54) is 0 Å². The van der Waals surface area contributed by atoms with Crippen LogP contribution >= 0.6 is 24.0 Å². The molecule has 154 valence electrons. The van der Waals surface area contributed by atoms with E-state index in [4.69, 9.17) is 14.5 Å². The van der Waals surface area contributed by atoms with Gasteiger partial charge in [-0.25, -0.2) is 4.99 Å². The molecule has 7 heteroatoms. The van der Waals surface area contributed by atoms with E-state index in [0.717, 1.165) is 63.0 Å². The molecular weight excluding hydrogens is 457 g/mol. The minimum Gasteiger partial charge on any atom is -0.504 e. The molecule has 0 amide bonds. The van der Waals surface area contributed by atoms with Crippen LogP contribution in [0.15, 0.2) is 23.2 Å². The molecule has 6 nitrogen and oxygen atoms in total. The molecule has 0 atom stereocenters. The Morgan fingerprint density at radius 3 is 2.74 bits per heavy atom. The van der Waals surface area contributed by atoms with Crippen molar-refractivity contribution in [2.75, 3.05) is 40.0 Å². The largest absolute Gasteiger partial charge is 0.504 e. The number of phenolic OH excluding ortho intramolecular Hbond substituents is 1. The first-order chi connectivity index (χ1) is 12.6.